The van der Waals surface area contributed by atoms with Crippen LogP contribution in [0.3, 0.4) is 0 Å². The van der Waals surface area contributed by atoms with E-state index in [0.29, 0.717) is 24.2 Å². The van der Waals surface area contributed by atoms with Gasteiger partial charge in [0.15, 0.2) is 0 Å². The third kappa shape index (κ3) is 4.80. The molecule has 0 saturated carbocycles. The van der Waals surface area contributed by atoms with Crippen LogP contribution in [0, 0.1) is 17.8 Å². The number of nitrogens with zero attached hydrogens (tertiary/aromatic N) is 2. The van der Waals surface area contributed by atoms with Gasteiger partial charge in [0.1, 0.15) is 5.75 Å². The summed E-state index contributed by atoms with van der Waals surface area (Å²) in [6.45, 7) is 1.93. The lowest BCUT2D eigenvalue weighted by Crippen LogP contribution is -2.46. The lowest BCUT2D eigenvalue weighted by molar-refractivity contribution is -0.137. The van der Waals surface area contributed by atoms with Gasteiger partial charge in [-0.05, 0) is 84.8 Å². The van der Waals surface area contributed by atoms with E-state index in [4.69, 9.17) is 9.39 Å². The third-order valence-electron chi connectivity index (χ3n) is 8.74. The number of ether oxygens (including phenoxy) is 1. The lowest BCUT2D eigenvalue weighted by Gasteiger charge is -2.42. The van der Waals surface area contributed by atoms with Crippen LogP contribution in [0.15, 0.2) is 71.9 Å². The Morgan fingerprint density at radius 2 is 1.86 bits per heavy atom. The zero-order valence-corrected chi connectivity index (χ0v) is 23.4. The quantitative estimate of drug-likeness (QED) is 0.255. The van der Waals surface area contributed by atoms with Gasteiger partial charge in [-0.1, -0.05) is 42.0 Å². The average Bonchev–Trinajstić information content (AvgIpc) is 3.25. The van der Waals surface area contributed by atoms with Crippen molar-refractivity contribution >= 4 is 47.4 Å². The molecule has 214 valence electrons. The first kappa shape index (κ1) is 27.9. The van der Waals surface area contributed by atoms with Crippen molar-refractivity contribution < 1.29 is 33.9 Å². The van der Waals surface area contributed by atoms with Gasteiger partial charge < -0.3 is 19.5 Å². The summed E-state index contributed by atoms with van der Waals surface area (Å²) in [6.07, 6.45) is 3.88. The van der Waals surface area contributed by atoms with Crippen molar-refractivity contribution in [1.82, 2.24) is 9.88 Å². The Balaban J connectivity index is 1.33. The molecule has 0 radical (unpaired) electrons. The Kier molecular flexibility index (Phi) is 7.43. The van der Waals surface area contributed by atoms with Crippen LogP contribution in [0.1, 0.15) is 37.4 Å². The molecule has 2 saturated heterocycles. The van der Waals surface area contributed by atoms with E-state index in [2.05, 4.69) is 11.1 Å². The number of likely N-dealkylation sites (tertiary alicyclic amines) is 1. The molecule has 1 aliphatic carbocycles. The molecule has 4 atom stereocenters. The molecular weight excluding hydrogens is 535 g/mol. The van der Waals surface area contributed by atoms with Gasteiger partial charge in [0.05, 0.1) is 30.7 Å². The Morgan fingerprint density at radius 1 is 1.10 bits per heavy atom. The van der Waals surface area contributed by atoms with Gasteiger partial charge in [0.25, 0.3) is 0 Å². The molecule has 2 aromatic carbocycles. The third-order valence-corrected chi connectivity index (χ3v) is 8.74. The molecule has 3 heterocycles. The number of methoxy groups -OCH3 is 1. The molecule has 9 nitrogen and oxygen atoms in total. The normalized spacial score (nSPS) is 24.2. The number of hydrogen-bond acceptors (Lipinski definition) is 8. The number of aromatic nitrogens is 1. The van der Waals surface area contributed by atoms with Crippen molar-refractivity contribution in [3.8, 4) is 5.75 Å². The summed E-state index contributed by atoms with van der Waals surface area (Å²) in [5, 5.41) is 22.8. The number of carbonyl (C=O) groups excluding carboxylic acids is 3. The minimum Gasteiger partial charge on any atom is -0.507 e. The fourth-order valence-corrected chi connectivity index (χ4v) is 6.92. The standard InChI is InChI=1S/C32H31BN2O7/c1-18-15-23-29(31(38)35(30(23)37)32(39)41-2)24-17-33(40)42-27(28(18)24)13-11-20(25-9-5-6-14-34-25)16-19-10-12-26(36)22-8-4-3-7-21(19)22/h3-10,12,14,16,23-24,27,29,36,40H,11,13,15,17H2,1-2H3/b20-16-/t23-,24+,27-,29-/m1/s1. The summed E-state index contributed by atoms with van der Waals surface area (Å²) in [5.41, 5.74) is 4.54. The van der Waals surface area contributed by atoms with Crippen molar-refractivity contribution in [2.45, 2.75) is 38.6 Å². The van der Waals surface area contributed by atoms with Crippen molar-refractivity contribution in [2.24, 2.45) is 17.8 Å². The van der Waals surface area contributed by atoms with Gasteiger partial charge in [0.2, 0.25) is 11.8 Å². The molecule has 3 aromatic rings. The molecule has 10 heteroatoms. The smallest absolute Gasteiger partial charge is 0.455 e. The van der Waals surface area contributed by atoms with E-state index in [1.807, 2.05) is 55.5 Å². The summed E-state index contributed by atoms with van der Waals surface area (Å²) >= 11 is 0. The Labute approximate surface area is 243 Å². The van der Waals surface area contributed by atoms with E-state index in [1.165, 1.54) is 0 Å². The molecule has 3 amide bonds. The number of phenols is 1. The highest BCUT2D eigenvalue weighted by Gasteiger charge is 2.58. The average molecular weight is 566 g/mol. The minimum absolute atomic E-state index is 0.167. The van der Waals surface area contributed by atoms with Crippen LogP contribution in [-0.4, -0.2) is 58.3 Å². The van der Waals surface area contributed by atoms with Gasteiger partial charge >= 0.3 is 13.2 Å². The van der Waals surface area contributed by atoms with E-state index >= 15 is 0 Å². The van der Waals surface area contributed by atoms with Crippen LogP contribution < -0.4 is 0 Å². The zero-order chi connectivity index (χ0) is 29.5. The highest BCUT2D eigenvalue weighted by atomic mass is 16.5. The first-order valence-corrected chi connectivity index (χ1v) is 14.1. The fraction of sp³-hybridized carbons (Fsp3) is 0.312. The molecule has 2 N–H and O–H groups in total. The number of benzene rings is 2. The van der Waals surface area contributed by atoms with Crippen LogP contribution in [0.4, 0.5) is 4.79 Å². The van der Waals surface area contributed by atoms with E-state index < -0.39 is 48.9 Å². The first-order chi connectivity index (χ1) is 20.3. The Hall–Kier alpha value is -4.28. The largest absolute Gasteiger partial charge is 0.507 e. The molecule has 42 heavy (non-hydrogen) atoms. The number of imide groups is 3. The van der Waals surface area contributed by atoms with Crippen molar-refractivity contribution in [1.29, 1.82) is 0 Å². The van der Waals surface area contributed by atoms with Gasteiger partial charge in [-0.3, -0.25) is 14.6 Å². The topological polar surface area (TPSA) is 126 Å². The molecule has 6 rings (SSSR count). The molecular formula is C32H31BN2O7. The van der Waals surface area contributed by atoms with Gasteiger partial charge in [-0.15, -0.1) is 0 Å². The van der Waals surface area contributed by atoms with Crippen molar-refractivity contribution in [3.05, 3.63) is 83.2 Å². The number of phenolic OH excluding ortho intramolecular Hbond substituents is 1. The van der Waals surface area contributed by atoms with Crippen LogP contribution in [0.2, 0.25) is 6.32 Å². The number of rotatable bonds is 5. The lowest BCUT2D eigenvalue weighted by atomic mass is 9.58. The summed E-state index contributed by atoms with van der Waals surface area (Å²) in [6, 6.07) is 16.9. The van der Waals surface area contributed by atoms with Gasteiger partial charge in [-0.25, -0.2) is 4.79 Å². The fourth-order valence-electron chi connectivity index (χ4n) is 6.92. The van der Waals surface area contributed by atoms with E-state index in [-0.39, 0.29) is 12.1 Å². The minimum atomic E-state index is -1.12. The number of hydrogen-bond donors (Lipinski definition) is 2. The van der Waals surface area contributed by atoms with E-state index in [0.717, 1.165) is 45.9 Å². The maximum Gasteiger partial charge on any atom is 0.455 e. The van der Waals surface area contributed by atoms with Crippen molar-refractivity contribution in [2.75, 3.05) is 7.11 Å². The summed E-state index contributed by atoms with van der Waals surface area (Å²) in [5.74, 6) is -2.75. The number of aromatic hydroxyl groups is 1. The number of pyridine rings is 1. The number of allylic oxidation sites excluding steroid dienone is 2. The number of carbonyl (C=O) groups is 3. The van der Waals surface area contributed by atoms with Crippen LogP contribution in [-0.2, 0) is 19.0 Å². The summed E-state index contributed by atoms with van der Waals surface area (Å²) in [4.78, 5) is 43.9. The SMILES string of the molecule is COC(=O)N1C(=O)[C@@H]2[C@@H](CC(C)=C3[C@@H](CC/C(=C/c4ccc(O)c5ccccc45)c4ccccn4)OB(O)C[C@@H]32)C1=O. The highest BCUT2D eigenvalue weighted by molar-refractivity contribution is 6.43. The molecule has 1 aromatic heterocycles. The molecule has 2 aliphatic heterocycles. The Bertz CT molecular complexity index is 1640. The zero-order valence-electron chi connectivity index (χ0n) is 23.4. The Morgan fingerprint density at radius 3 is 2.60 bits per heavy atom. The summed E-state index contributed by atoms with van der Waals surface area (Å²) < 4.78 is 10.8. The molecule has 0 spiro atoms. The second-order valence-corrected chi connectivity index (χ2v) is 11.1. The number of fused-ring (bicyclic) bond motifs is 4. The maximum atomic E-state index is 13.3. The predicted molar refractivity (Wildman–Crippen MR) is 157 cm³/mol. The second kappa shape index (κ2) is 11.2. The molecule has 2 fully saturated rings. The summed E-state index contributed by atoms with van der Waals surface area (Å²) in [7, 11) is 0.0236. The van der Waals surface area contributed by atoms with Crippen molar-refractivity contribution in [3.63, 3.8) is 0 Å². The van der Waals surface area contributed by atoms with Gasteiger partial charge in [-0.2, -0.15) is 4.90 Å². The van der Waals surface area contributed by atoms with Crippen LogP contribution in [0.5, 0.6) is 5.75 Å². The second-order valence-electron chi connectivity index (χ2n) is 11.1. The highest BCUT2D eigenvalue weighted by Crippen LogP contribution is 2.50. The van der Waals surface area contributed by atoms with E-state index in [1.54, 1.807) is 12.3 Å². The molecule has 0 bridgehead atoms. The maximum absolute atomic E-state index is 13.3. The van der Waals surface area contributed by atoms with E-state index in [9.17, 15) is 24.5 Å². The molecule has 3 aliphatic rings. The molecule has 0 unspecified atom stereocenters. The monoisotopic (exact) mass is 566 g/mol. The predicted octanol–water partition coefficient (Wildman–Crippen LogP) is 4.84. The van der Waals surface area contributed by atoms with Crippen LogP contribution >= 0.6 is 0 Å². The van der Waals surface area contributed by atoms with Gasteiger partial charge in [0, 0.05) is 11.6 Å². The van der Waals surface area contributed by atoms with Crippen LogP contribution in [0.25, 0.3) is 22.4 Å². The number of amides is 3. The first-order valence-electron chi connectivity index (χ1n) is 14.1.